The van der Waals surface area contributed by atoms with Crippen molar-refractivity contribution in [3.8, 4) is 0 Å². The third-order valence-electron chi connectivity index (χ3n) is 0.898. The van der Waals surface area contributed by atoms with Crippen LogP contribution in [0.2, 0.25) is 0 Å². The van der Waals surface area contributed by atoms with Crippen LogP contribution in [-0.2, 0) is 25.8 Å². The Balaban J connectivity index is 0.000000810. The zero-order valence-corrected chi connectivity index (χ0v) is 8.76. The fourth-order valence-corrected chi connectivity index (χ4v) is 0.497. The minimum atomic E-state index is -0.740. The number of carbonyl (C=O) groups excluding carboxylic acids is 1. The number of nitrogens with one attached hydrogen (secondary N) is 1. The van der Waals surface area contributed by atoms with Gasteiger partial charge in [0.25, 0.3) is 0 Å². The van der Waals surface area contributed by atoms with Crippen LogP contribution in [0.4, 0.5) is 0 Å². The van der Waals surface area contributed by atoms with E-state index in [0.29, 0.717) is 0 Å². The zero-order valence-electron chi connectivity index (χ0n) is 5.16. The van der Waals surface area contributed by atoms with Crippen LogP contribution < -0.4 is 0 Å². The summed E-state index contributed by atoms with van der Waals surface area (Å²) in [7, 11) is 0. The molecule has 3 nitrogen and oxygen atoms in total. The van der Waals surface area contributed by atoms with E-state index in [9.17, 15) is 4.79 Å². The summed E-state index contributed by atoms with van der Waals surface area (Å²) >= 11 is 0. The second-order valence-corrected chi connectivity index (χ2v) is 1.54. The van der Waals surface area contributed by atoms with Crippen molar-refractivity contribution in [1.82, 2.24) is 4.98 Å². The van der Waals surface area contributed by atoms with Gasteiger partial charge in [-0.15, -0.1) is 0 Å². The van der Waals surface area contributed by atoms with Crippen LogP contribution in [0, 0.1) is 0 Å². The minimum absolute atomic E-state index is 0. The molecule has 0 aliphatic heterocycles. The Morgan fingerprint density at radius 1 is 1.50 bits per heavy atom. The monoisotopic (exact) mass is 301 g/mol. The van der Waals surface area contributed by atoms with Gasteiger partial charge in [-0.1, -0.05) is 6.07 Å². The molecule has 0 radical (unpaired) electrons. The van der Waals surface area contributed by atoms with E-state index in [1.807, 2.05) is 0 Å². The number of hydrogen-bond donors (Lipinski definition) is 0. The number of hydrogen-bond acceptors (Lipinski definition) is 2. The number of pyridine rings is 1. The molecule has 4 heteroatoms. The molecule has 1 aromatic rings. The Bertz CT molecular complexity index is 212. The fraction of sp³-hybridized carbons (Fsp3) is 0. The van der Waals surface area contributed by atoms with Crippen molar-refractivity contribution in [2.75, 3.05) is 0 Å². The van der Waals surface area contributed by atoms with Crippen molar-refractivity contribution in [1.29, 1.82) is 0 Å². The molecule has 1 N–H and O–H groups in total. The van der Waals surface area contributed by atoms with Gasteiger partial charge in [-0.25, -0.2) is 0 Å². The maximum Gasteiger partial charge on any atom is 0.0983 e. The van der Waals surface area contributed by atoms with E-state index < -0.39 is 5.91 Å². The van der Waals surface area contributed by atoms with Crippen LogP contribution in [0.3, 0.4) is 0 Å². The molecule has 0 saturated heterocycles. The molecule has 0 aromatic carbocycles. The van der Waals surface area contributed by atoms with Gasteiger partial charge in [0.2, 0.25) is 0 Å². The molecule has 0 unspecified atom stereocenters. The first-order valence-corrected chi connectivity index (χ1v) is 2.47. The van der Waals surface area contributed by atoms with Crippen molar-refractivity contribution in [2.24, 2.45) is 0 Å². The smallest absolute Gasteiger partial charge is 0.0983 e. The van der Waals surface area contributed by atoms with E-state index in [0.717, 1.165) is 0 Å². The molecule has 10 heavy (non-hydrogen) atoms. The van der Waals surface area contributed by atoms with Gasteiger partial charge in [0.1, 0.15) is 0 Å². The van der Waals surface area contributed by atoms with E-state index in [1.54, 1.807) is 12.1 Å². The molecule has 0 aliphatic carbocycles. The van der Waals surface area contributed by atoms with Crippen LogP contribution in [0.15, 0.2) is 24.4 Å². The zero-order chi connectivity index (χ0) is 6.69. The quantitative estimate of drug-likeness (QED) is 0.733. The van der Waals surface area contributed by atoms with Crippen LogP contribution in [0.25, 0.3) is 5.73 Å². The van der Waals surface area contributed by atoms with Gasteiger partial charge in [0, 0.05) is 32.0 Å². The Morgan fingerprint density at radius 3 is 2.50 bits per heavy atom. The summed E-state index contributed by atoms with van der Waals surface area (Å²) < 4.78 is 0. The van der Waals surface area contributed by atoms with E-state index in [2.05, 4.69) is 4.98 Å². The Morgan fingerprint density at radius 2 is 2.20 bits per heavy atom. The number of carbonyl (C=O) groups is 1. The molecule has 0 spiro atoms. The predicted octanol–water partition coefficient (Wildman–Crippen LogP) is 1.27. The maximum atomic E-state index is 10.2. The number of rotatable bonds is 1. The summed E-state index contributed by atoms with van der Waals surface area (Å²) in [4.78, 5) is 13.9. The van der Waals surface area contributed by atoms with Gasteiger partial charge in [-0.3, -0.25) is 4.98 Å². The summed E-state index contributed by atoms with van der Waals surface area (Å²) in [6.07, 6.45) is 1.49. The molecular formula is C6H5HfN2O-. The number of amides is 1. The van der Waals surface area contributed by atoms with Crippen LogP contribution in [-0.4, -0.2) is 10.9 Å². The molecule has 0 bridgehead atoms. The van der Waals surface area contributed by atoms with Gasteiger partial charge < -0.3 is 10.5 Å². The van der Waals surface area contributed by atoms with Gasteiger partial charge in [-0.2, -0.15) is 0 Å². The van der Waals surface area contributed by atoms with Crippen molar-refractivity contribution < 1.29 is 30.6 Å². The average molecular weight is 300 g/mol. The van der Waals surface area contributed by atoms with Crippen LogP contribution in [0.1, 0.15) is 10.5 Å². The summed E-state index contributed by atoms with van der Waals surface area (Å²) in [6.45, 7) is 0. The molecule has 0 atom stereocenters. The second kappa shape index (κ2) is 4.33. The Kier molecular flexibility index (Phi) is 4.11. The molecule has 50 valence electrons. The topological polar surface area (TPSA) is 53.8 Å². The SMILES string of the molecule is [Hf].[NH-]C(=O)c1ccccn1. The largest absolute Gasteiger partial charge is 0.662 e. The first kappa shape index (κ1) is 9.49. The standard InChI is InChI=1S/C6H6N2O.Hf/c7-6(9)5-3-1-2-4-8-5;/h1-4H,(H2,7,9);/p-1. The summed E-state index contributed by atoms with van der Waals surface area (Å²) in [5.41, 5.74) is 6.81. The summed E-state index contributed by atoms with van der Waals surface area (Å²) in [6, 6.07) is 4.89. The normalized spacial score (nSPS) is 8.00. The molecule has 1 amide bonds. The molecule has 0 saturated carbocycles. The van der Waals surface area contributed by atoms with Crippen molar-refractivity contribution >= 4 is 5.91 Å². The first-order chi connectivity index (χ1) is 4.30. The van der Waals surface area contributed by atoms with Gasteiger partial charge in [0.15, 0.2) is 0 Å². The van der Waals surface area contributed by atoms with Gasteiger partial charge in [-0.05, 0) is 12.1 Å². The fourth-order valence-electron chi connectivity index (χ4n) is 0.497. The molecule has 1 rings (SSSR count). The second-order valence-electron chi connectivity index (χ2n) is 1.54. The molecule has 1 aromatic heterocycles. The number of aromatic nitrogens is 1. The van der Waals surface area contributed by atoms with Gasteiger partial charge in [0.05, 0.1) is 11.6 Å². The molecule has 0 aliphatic rings. The van der Waals surface area contributed by atoms with E-state index in [4.69, 9.17) is 5.73 Å². The molecule has 1 heterocycles. The van der Waals surface area contributed by atoms with E-state index >= 15 is 0 Å². The van der Waals surface area contributed by atoms with Crippen molar-refractivity contribution in [2.45, 2.75) is 0 Å². The Labute approximate surface area is 77.4 Å². The average Bonchev–Trinajstić information content (AvgIpc) is 1.90. The van der Waals surface area contributed by atoms with Crippen molar-refractivity contribution in [3.05, 3.63) is 35.8 Å². The van der Waals surface area contributed by atoms with E-state index in [-0.39, 0.29) is 31.5 Å². The van der Waals surface area contributed by atoms with Crippen LogP contribution >= 0.6 is 0 Å². The summed E-state index contributed by atoms with van der Waals surface area (Å²) in [5, 5.41) is 0. The van der Waals surface area contributed by atoms with Crippen LogP contribution in [0.5, 0.6) is 0 Å². The molecular weight excluding hydrogens is 295 g/mol. The first-order valence-electron chi connectivity index (χ1n) is 2.47. The molecule has 0 fully saturated rings. The number of nitrogens with zero attached hydrogens (tertiary/aromatic N) is 1. The van der Waals surface area contributed by atoms with E-state index in [1.165, 1.54) is 12.3 Å². The predicted molar refractivity (Wildman–Crippen MR) is 32.9 cm³/mol. The maximum absolute atomic E-state index is 10.2. The van der Waals surface area contributed by atoms with Gasteiger partial charge >= 0.3 is 0 Å². The summed E-state index contributed by atoms with van der Waals surface area (Å²) in [5.74, 6) is -0.740. The third kappa shape index (κ3) is 2.39. The Hall–Kier alpha value is -0.510. The van der Waals surface area contributed by atoms with Crippen molar-refractivity contribution in [3.63, 3.8) is 0 Å². The third-order valence-corrected chi connectivity index (χ3v) is 0.898. The minimum Gasteiger partial charge on any atom is -0.662 e.